The maximum Gasteiger partial charge on any atom is 0.328 e. The van der Waals surface area contributed by atoms with E-state index in [4.69, 9.17) is 0 Å². The molecule has 0 saturated carbocycles. The number of aromatic amines is 1. The normalized spacial score (nSPS) is 15.4. The number of fused-ring (bicyclic) bond motifs is 1. The Labute approximate surface area is 173 Å². The first kappa shape index (κ1) is 20.0. The molecule has 1 aliphatic rings. The van der Waals surface area contributed by atoms with Crippen LogP contribution in [0.3, 0.4) is 0 Å². The van der Waals surface area contributed by atoms with E-state index in [1.54, 1.807) is 19.2 Å². The second-order valence-corrected chi connectivity index (χ2v) is 7.78. The first-order chi connectivity index (χ1) is 14.5. The van der Waals surface area contributed by atoms with Crippen molar-refractivity contribution in [3.63, 3.8) is 0 Å². The number of piperidine rings is 1. The molecule has 0 atom stereocenters. The lowest BCUT2D eigenvalue weighted by atomic mass is 9.90. The largest absolute Gasteiger partial charge is 0.354 e. The summed E-state index contributed by atoms with van der Waals surface area (Å²) in [4.78, 5) is 45.1. The predicted octanol–water partition coefficient (Wildman–Crippen LogP) is 1.36. The van der Waals surface area contributed by atoms with Gasteiger partial charge >= 0.3 is 5.69 Å². The highest BCUT2D eigenvalue weighted by atomic mass is 16.2. The summed E-state index contributed by atoms with van der Waals surface area (Å²) in [5, 5.41) is 3.10. The SMILES string of the molecule is CNC(=O)c1ccc(C2CCN(Cc3ccc4c(=O)n(C)c(=O)[nH]c4c3)CC2)cn1. The number of rotatable bonds is 4. The summed E-state index contributed by atoms with van der Waals surface area (Å²) in [6.07, 6.45) is 3.85. The molecule has 1 saturated heterocycles. The zero-order valence-corrected chi connectivity index (χ0v) is 17.1. The molecule has 156 valence electrons. The number of amides is 1. The summed E-state index contributed by atoms with van der Waals surface area (Å²) in [5.41, 5.74) is 2.57. The Morgan fingerprint density at radius 2 is 1.97 bits per heavy atom. The first-order valence-corrected chi connectivity index (χ1v) is 10.1. The van der Waals surface area contributed by atoms with Crippen LogP contribution in [0.2, 0.25) is 0 Å². The fourth-order valence-electron chi connectivity index (χ4n) is 4.04. The Bertz CT molecular complexity index is 1190. The third-order valence-electron chi connectivity index (χ3n) is 5.88. The molecule has 1 aliphatic heterocycles. The van der Waals surface area contributed by atoms with Crippen molar-refractivity contribution in [1.82, 2.24) is 24.8 Å². The van der Waals surface area contributed by atoms with Gasteiger partial charge < -0.3 is 10.3 Å². The van der Waals surface area contributed by atoms with Crippen LogP contribution in [0.1, 0.15) is 40.4 Å². The van der Waals surface area contributed by atoms with Crippen LogP contribution in [0.25, 0.3) is 10.9 Å². The van der Waals surface area contributed by atoms with E-state index < -0.39 is 5.69 Å². The number of hydrogen-bond acceptors (Lipinski definition) is 5. The number of hydrogen-bond donors (Lipinski definition) is 2. The standard InChI is InChI=1S/C22H25N5O3/c1-23-20(28)18-6-4-16(12-24-18)15-7-9-27(10-8-15)13-14-3-5-17-19(11-14)25-22(30)26(2)21(17)29/h3-6,11-12,15H,7-10,13H2,1-2H3,(H,23,28)(H,25,30). The molecule has 0 spiro atoms. The maximum absolute atomic E-state index is 12.2. The van der Waals surface area contributed by atoms with Gasteiger partial charge in [0.1, 0.15) is 5.69 Å². The van der Waals surface area contributed by atoms with Crippen LogP contribution >= 0.6 is 0 Å². The highest BCUT2D eigenvalue weighted by Crippen LogP contribution is 2.28. The van der Waals surface area contributed by atoms with Crippen LogP contribution in [0, 0.1) is 0 Å². The van der Waals surface area contributed by atoms with Gasteiger partial charge in [0, 0.05) is 26.8 Å². The molecule has 1 amide bonds. The molecule has 3 aromatic rings. The summed E-state index contributed by atoms with van der Waals surface area (Å²) in [6.45, 7) is 2.67. The summed E-state index contributed by atoms with van der Waals surface area (Å²) in [6, 6.07) is 9.41. The van der Waals surface area contributed by atoms with Crippen LogP contribution in [0.4, 0.5) is 0 Å². The summed E-state index contributed by atoms with van der Waals surface area (Å²) < 4.78 is 1.09. The second kappa shape index (κ2) is 8.23. The topological polar surface area (TPSA) is 100 Å². The molecule has 8 heteroatoms. The zero-order chi connectivity index (χ0) is 21.3. The van der Waals surface area contributed by atoms with Gasteiger partial charge in [-0.15, -0.1) is 0 Å². The number of aromatic nitrogens is 3. The van der Waals surface area contributed by atoms with Crippen LogP contribution in [-0.2, 0) is 13.6 Å². The van der Waals surface area contributed by atoms with E-state index in [0.29, 0.717) is 22.5 Å². The van der Waals surface area contributed by atoms with Gasteiger partial charge in [-0.2, -0.15) is 0 Å². The van der Waals surface area contributed by atoms with Gasteiger partial charge in [0.05, 0.1) is 10.9 Å². The van der Waals surface area contributed by atoms with Gasteiger partial charge in [0.15, 0.2) is 0 Å². The summed E-state index contributed by atoms with van der Waals surface area (Å²) in [7, 11) is 3.07. The van der Waals surface area contributed by atoms with Crippen molar-refractivity contribution in [2.24, 2.45) is 7.05 Å². The molecule has 0 unspecified atom stereocenters. The molecule has 0 bridgehead atoms. The Balaban J connectivity index is 1.41. The monoisotopic (exact) mass is 407 g/mol. The van der Waals surface area contributed by atoms with Crippen molar-refractivity contribution in [2.45, 2.75) is 25.3 Å². The third-order valence-corrected chi connectivity index (χ3v) is 5.88. The molecule has 0 radical (unpaired) electrons. The van der Waals surface area contributed by atoms with E-state index >= 15 is 0 Å². The van der Waals surface area contributed by atoms with Crippen molar-refractivity contribution in [3.8, 4) is 0 Å². The second-order valence-electron chi connectivity index (χ2n) is 7.78. The molecule has 0 aliphatic carbocycles. The van der Waals surface area contributed by atoms with Gasteiger partial charge in [-0.3, -0.25) is 24.0 Å². The fourth-order valence-corrected chi connectivity index (χ4v) is 4.04. The smallest absolute Gasteiger partial charge is 0.328 e. The minimum atomic E-state index is -0.401. The number of likely N-dealkylation sites (tertiary alicyclic amines) is 1. The highest BCUT2D eigenvalue weighted by molar-refractivity contribution is 5.91. The van der Waals surface area contributed by atoms with Crippen molar-refractivity contribution < 1.29 is 4.79 Å². The quantitative estimate of drug-likeness (QED) is 0.680. The average Bonchev–Trinajstić information content (AvgIpc) is 2.77. The molecule has 3 heterocycles. The third kappa shape index (κ3) is 3.91. The molecular formula is C22H25N5O3. The minimum absolute atomic E-state index is 0.175. The van der Waals surface area contributed by atoms with Crippen molar-refractivity contribution in [1.29, 1.82) is 0 Å². The average molecular weight is 407 g/mol. The van der Waals surface area contributed by atoms with Crippen LogP contribution in [0.5, 0.6) is 0 Å². The molecule has 8 nitrogen and oxygen atoms in total. The molecule has 2 aromatic heterocycles. The first-order valence-electron chi connectivity index (χ1n) is 10.1. The minimum Gasteiger partial charge on any atom is -0.354 e. The number of pyridine rings is 1. The Morgan fingerprint density at radius 3 is 2.63 bits per heavy atom. The molecule has 4 rings (SSSR count). The zero-order valence-electron chi connectivity index (χ0n) is 17.1. The number of benzene rings is 1. The van der Waals surface area contributed by atoms with Crippen molar-refractivity contribution in [3.05, 3.63) is 74.2 Å². The lowest BCUT2D eigenvalue weighted by Crippen LogP contribution is -2.33. The van der Waals surface area contributed by atoms with E-state index in [9.17, 15) is 14.4 Å². The van der Waals surface area contributed by atoms with Gasteiger partial charge in [0.2, 0.25) is 0 Å². The number of H-pyrrole nitrogens is 1. The van der Waals surface area contributed by atoms with E-state index in [1.807, 2.05) is 24.4 Å². The van der Waals surface area contributed by atoms with Gasteiger partial charge in [-0.05, 0) is 61.2 Å². The Hall–Kier alpha value is -3.26. The van der Waals surface area contributed by atoms with Gasteiger partial charge in [-0.1, -0.05) is 12.1 Å². The van der Waals surface area contributed by atoms with Crippen molar-refractivity contribution in [2.75, 3.05) is 20.1 Å². The van der Waals surface area contributed by atoms with Crippen LogP contribution in [0.15, 0.2) is 46.1 Å². The van der Waals surface area contributed by atoms with E-state index in [-0.39, 0.29) is 11.5 Å². The van der Waals surface area contributed by atoms with Crippen molar-refractivity contribution >= 4 is 16.8 Å². The van der Waals surface area contributed by atoms with E-state index in [1.165, 1.54) is 12.6 Å². The van der Waals surface area contributed by atoms with Gasteiger partial charge in [-0.25, -0.2) is 4.79 Å². The Kier molecular flexibility index (Phi) is 5.50. The lowest BCUT2D eigenvalue weighted by molar-refractivity contribution is 0.0958. The molecule has 1 aromatic carbocycles. The Morgan fingerprint density at radius 1 is 1.20 bits per heavy atom. The summed E-state index contributed by atoms with van der Waals surface area (Å²) >= 11 is 0. The molecule has 1 fully saturated rings. The maximum atomic E-state index is 12.2. The number of carbonyl (C=O) groups excluding carboxylic acids is 1. The number of carbonyl (C=O) groups is 1. The molecule has 2 N–H and O–H groups in total. The van der Waals surface area contributed by atoms with Crippen LogP contribution in [-0.4, -0.2) is 45.5 Å². The lowest BCUT2D eigenvalue weighted by Gasteiger charge is -2.32. The van der Waals surface area contributed by atoms with Gasteiger partial charge in [0.25, 0.3) is 11.5 Å². The molecule has 30 heavy (non-hydrogen) atoms. The summed E-state index contributed by atoms with van der Waals surface area (Å²) in [5.74, 6) is 0.259. The van der Waals surface area contributed by atoms with E-state index in [2.05, 4.69) is 20.2 Å². The predicted molar refractivity (Wildman–Crippen MR) is 115 cm³/mol. The highest BCUT2D eigenvalue weighted by Gasteiger charge is 2.21. The number of nitrogens with zero attached hydrogens (tertiary/aromatic N) is 3. The molecular weight excluding hydrogens is 382 g/mol. The van der Waals surface area contributed by atoms with E-state index in [0.717, 1.165) is 42.6 Å². The van der Waals surface area contributed by atoms with Crippen LogP contribution < -0.4 is 16.6 Å². The fraction of sp³-hybridized carbons (Fsp3) is 0.364. The number of nitrogens with one attached hydrogen (secondary N) is 2.